The van der Waals surface area contributed by atoms with Crippen LogP contribution in [0.4, 0.5) is 14.4 Å². The van der Waals surface area contributed by atoms with Crippen LogP contribution in [0, 0.1) is 5.92 Å². The number of rotatable bonds is 17. The van der Waals surface area contributed by atoms with Crippen molar-refractivity contribution in [1.29, 1.82) is 0 Å². The molecule has 0 saturated heterocycles. The van der Waals surface area contributed by atoms with Crippen LogP contribution in [0.25, 0.3) is 0 Å². The maximum atomic E-state index is 12.3. The molecule has 0 aliphatic carbocycles. The molecule has 0 aliphatic rings. The van der Waals surface area contributed by atoms with Crippen molar-refractivity contribution in [1.82, 2.24) is 0 Å². The van der Waals surface area contributed by atoms with Crippen molar-refractivity contribution in [3.05, 3.63) is 89.5 Å². The number of carbonyl (C=O) groups is 6. The first-order chi connectivity index (χ1) is 27.2. The number of hydrogen-bond acceptors (Lipinski definition) is 18. The van der Waals surface area contributed by atoms with E-state index in [1.165, 1.54) is 48.5 Å². The van der Waals surface area contributed by atoms with Crippen LogP contribution in [0.3, 0.4) is 0 Å². The molecule has 3 aromatic rings. The predicted molar refractivity (Wildman–Crippen MR) is 193 cm³/mol. The van der Waals surface area contributed by atoms with Gasteiger partial charge in [-0.25, -0.2) is 43.7 Å². The first-order valence-corrected chi connectivity index (χ1v) is 17.7. The van der Waals surface area contributed by atoms with Gasteiger partial charge >= 0.3 is 36.4 Å². The van der Waals surface area contributed by atoms with Crippen LogP contribution < -0.4 is 14.2 Å². The molecule has 3 rings (SSSR count). The van der Waals surface area contributed by atoms with E-state index >= 15 is 0 Å². The molecule has 0 fully saturated rings. The Morgan fingerprint density at radius 3 is 0.965 bits per heavy atom. The van der Waals surface area contributed by atoms with Crippen LogP contribution >= 0.6 is 0 Å². The van der Waals surface area contributed by atoms with Crippen molar-refractivity contribution in [3.63, 3.8) is 0 Å². The van der Waals surface area contributed by atoms with Gasteiger partial charge in [0.15, 0.2) is 0 Å². The highest BCUT2D eigenvalue weighted by Crippen LogP contribution is 2.18. The monoisotopic (exact) mass is 800 g/mol. The van der Waals surface area contributed by atoms with Crippen LogP contribution in [0.1, 0.15) is 85.5 Å². The highest BCUT2D eigenvalue weighted by Gasteiger charge is 2.21. The Morgan fingerprint density at radius 1 is 0.404 bits per heavy atom. The Labute approximate surface area is 327 Å². The molecule has 308 valence electrons. The molecule has 0 spiro atoms. The van der Waals surface area contributed by atoms with E-state index in [4.69, 9.17) is 28.4 Å². The van der Waals surface area contributed by atoms with E-state index < -0.39 is 48.9 Å². The summed E-state index contributed by atoms with van der Waals surface area (Å²) in [5.74, 6) is -2.08. The third-order valence-corrected chi connectivity index (χ3v) is 6.87. The Hall–Kier alpha value is -6.72. The molecule has 3 aromatic carbocycles. The van der Waals surface area contributed by atoms with Crippen LogP contribution in [0.15, 0.2) is 72.8 Å². The Bertz CT molecular complexity index is 1660. The van der Waals surface area contributed by atoms with Gasteiger partial charge in [0.25, 0.3) is 0 Å². The lowest BCUT2D eigenvalue weighted by Gasteiger charge is -2.16. The van der Waals surface area contributed by atoms with E-state index in [9.17, 15) is 28.8 Å². The van der Waals surface area contributed by atoms with Crippen molar-refractivity contribution in [2.24, 2.45) is 5.92 Å². The summed E-state index contributed by atoms with van der Waals surface area (Å²) >= 11 is 0. The number of ether oxygens (including phenoxy) is 6. The minimum absolute atomic E-state index is 0.0257. The molecule has 0 heterocycles. The van der Waals surface area contributed by atoms with Crippen molar-refractivity contribution < 1.29 is 86.5 Å². The molecular weight excluding hydrogens is 756 g/mol. The summed E-state index contributed by atoms with van der Waals surface area (Å²) in [6.45, 7) is 9.93. The molecule has 0 amide bonds. The summed E-state index contributed by atoms with van der Waals surface area (Å²) in [4.78, 5) is 100. The molecule has 0 bridgehead atoms. The minimum atomic E-state index is -1.39. The second kappa shape index (κ2) is 23.3. The Morgan fingerprint density at radius 2 is 0.684 bits per heavy atom. The van der Waals surface area contributed by atoms with Gasteiger partial charge in [0.1, 0.15) is 17.2 Å². The van der Waals surface area contributed by atoms with Crippen LogP contribution in [-0.4, -0.2) is 74.5 Å². The maximum Gasteiger partial charge on any atom is 0.549 e. The Kier molecular flexibility index (Phi) is 18.2. The summed E-state index contributed by atoms with van der Waals surface area (Å²) in [7, 11) is 0. The van der Waals surface area contributed by atoms with Gasteiger partial charge in [0.2, 0.25) is 0 Å². The van der Waals surface area contributed by atoms with E-state index in [1.54, 1.807) is 24.3 Å². The fourth-order valence-electron chi connectivity index (χ4n) is 4.37. The standard InChI is InChI=1S/C39H44O18/c1-24(2)49-31-13-7-28(8-14-31)34(40)52-55-37(43)46-21-19-27(23-48-39(45)57-54-36(42)30-11-17-33(18-12-30)51-26(5)6)20-22-47-38(44)56-53-35(41)29-9-15-32(16-10-29)50-25(3)4/h7-18,24-27H,19-23H2,1-6H3. The predicted octanol–water partition coefficient (Wildman–Crippen LogP) is 7.52. The van der Waals surface area contributed by atoms with E-state index in [1.807, 2.05) is 41.5 Å². The van der Waals surface area contributed by atoms with Gasteiger partial charge in [-0.15, -0.1) is 0 Å². The first kappa shape index (κ1) is 44.7. The molecule has 0 aliphatic heterocycles. The number of hydrogen-bond donors (Lipinski definition) is 0. The molecule has 0 N–H and O–H groups in total. The molecule has 0 atom stereocenters. The molecule has 0 unspecified atom stereocenters. The van der Waals surface area contributed by atoms with Crippen LogP contribution in [-0.2, 0) is 43.5 Å². The van der Waals surface area contributed by atoms with Crippen LogP contribution in [0.2, 0.25) is 0 Å². The van der Waals surface area contributed by atoms with Crippen molar-refractivity contribution in [2.75, 3.05) is 19.8 Å². The van der Waals surface area contributed by atoms with Gasteiger partial charge in [-0.3, -0.25) is 0 Å². The fourth-order valence-corrected chi connectivity index (χ4v) is 4.37. The maximum absolute atomic E-state index is 12.3. The average molecular weight is 801 g/mol. The fraction of sp³-hybridized carbons (Fsp3) is 0.385. The van der Waals surface area contributed by atoms with Gasteiger partial charge in [-0.2, -0.15) is 14.4 Å². The molecule has 18 heteroatoms. The SMILES string of the molecule is CC(C)Oc1ccc(C(=O)OOC(=O)OCCC(CCOC(=O)OOC(=O)c2ccc(OC(C)C)cc2)COC(=O)OOC(=O)c2ccc(OC(C)C)cc2)cc1. The lowest BCUT2D eigenvalue weighted by molar-refractivity contribution is -0.206. The van der Waals surface area contributed by atoms with Crippen molar-refractivity contribution in [2.45, 2.75) is 72.7 Å². The first-order valence-electron chi connectivity index (χ1n) is 17.7. The number of carbonyl (C=O) groups excluding carboxylic acids is 6. The van der Waals surface area contributed by atoms with E-state index in [0.717, 1.165) is 0 Å². The normalized spacial score (nSPS) is 10.6. The van der Waals surface area contributed by atoms with E-state index in [0.29, 0.717) is 17.2 Å². The lowest BCUT2D eigenvalue weighted by atomic mass is 10.0. The Balaban J connectivity index is 1.47. The number of benzene rings is 3. The smallest absolute Gasteiger partial charge is 0.491 e. The van der Waals surface area contributed by atoms with Crippen molar-refractivity contribution >= 4 is 36.4 Å². The summed E-state index contributed by atoms with van der Waals surface area (Å²) in [5, 5.41) is 0. The van der Waals surface area contributed by atoms with E-state index in [-0.39, 0.29) is 61.1 Å². The van der Waals surface area contributed by atoms with Gasteiger partial charge < -0.3 is 28.4 Å². The highest BCUT2D eigenvalue weighted by atomic mass is 17.2. The zero-order chi connectivity index (χ0) is 41.7. The molecular formula is C39H44O18. The lowest BCUT2D eigenvalue weighted by Crippen LogP contribution is -2.21. The molecule has 0 aromatic heterocycles. The van der Waals surface area contributed by atoms with Gasteiger partial charge in [-0.05, 0) is 133 Å². The summed E-state index contributed by atoms with van der Waals surface area (Å²) in [5.41, 5.74) is 0.202. The molecule has 18 nitrogen and oxygen atoms in total. The topological polar surface area (TPSA) is 213 Å². The second-order valence-electron chi connectivity index (χ2n) is 12.6. The zero-order valence-electron chi connectivity index (χ0n) is 32.1. The van der Waals surface area contributed by atoms with Crippen molar-refractivity contribution in [3.8, 4) is 17.2 Å². The largest absolute Gasteiger partial charge is 0.549 e. The average Bonchev–Trinajstić information content (AvgIpc) is 3.17. The minimum Gasteiger partial charge on any atom is -0.491 e. The molecule has 0 radical (unpaired) electrons. The zero-order valence-corrected chi connectivity index (χ0v) is 32.1. The quantitative estimate of drug-likeness (QED) is 0.0558. The third kappa shape index (κ3) is 17.5. The highest BCUT2D eigenvalue weighted by molar-refractivity contribution is 5.90. The van der Waals surface area contributed by atoms with Crippen LogP contribution in [0.5, 0.6) is 17.2 Å². The third-order valence-electron chi connectivity index (χ3n) is 6.87. The summed E-state index contributed by atoms with van der Waals surface area (Å²) in [6, 6.07) is 17.7. The van der Waals surface area contributed by atoms with E-state index in [2.05, 4.69) is 29.3 Å². The van der Waals surface area contributed by atoms with Gasteiger partial charge in [-0.1, -0.05) is 0 Å². The summed E-state index contributed by atoms with van der Waals surface area (Å²) in [6.07, 6.45) is -4.40. The molecule has 0 saturated carbocycles. The molecule has 57 heavy (non-hydrogen) atoms. The van der Waals surface area contributed by atoms with Gasteiger partial charge in [0, 0.05) is 0 Å². The second-order valence-corrected chi connectivity index (χ2v) is 12.6. The van der Waals surface area contributed by atoms with Gasteiger partial charge in [0.05, 0.1) is 54.8 Å². The summed E-state index contributed by atoms with van der Waals surface area (Å²) < 4.78 is 31.4.